The molecule has 0 unspecified atom stereocenters. The number of hydrogen-bond donors (Lipinski definition) is 0. The lowest BCUT2D eigenvalue weighted by Crippen LogP contribution is -1.97. The second-order valence-corrected chi connectivity index (χ2v) is 2.53. The fourth-order valence-electron chi connectivity index (χ4n) is 0.395. The third-order valence-electron chi connectivity index (χ3n) is 0.737. The Balaban J connectivity index is 2.45. The van der Waals surface area contributed by atoms with Crippen LogP contribution in [0.15, 0.2) is 4.99 Å². The second kappa shape index (κ2) is 1.74. The molecule has 1 rings (SSSR count). The number of ether oxygens (including phenoxy) is 1. The first-order valence-corrected chi connectivity index (χ1v) is 2.97. The van der Waals surface area contributed by atoms with Gasteiger partial charge in [0.05, 0.1) is 6.61 Å². The quantitative estimate of drug-likeness (QED) is 0.357. The van der Waals surface area contributed by atoms with E-state index in [9.17, 15) is 0 Å². The molecule has 0 amide bonds. The van der Waals surface area contributed by atoms with Gasteiger partial charge in [0.2, 0.25) is 0 Å². The summed E-state index contributed by atoms with van der Waals surface area (Å²) in [5, 5.41) is 0. The summed E-state index contributed by atoms with van der Waals surface area (Å²) in [4.78, 5) is 3.99. The first-order chi connectivity index (χ1) is 2.89. The van der Waals surface area contributed by atoms with E-state index in [0.29, 0.717) is 6.73 Å². The van der Waals surface area contributed by atoms with Crippen LogP contribution in [0.1, 0.15) is 0 Å². The van der Waals surface area contributed by atoms with E-state index in [4.69, 9.17) is 4.74 Å². The standard InChI is InChI=1S/C3H4NO.Al.2H/c1-2-5-3-4-1;;;/h2-3H2;;;. The van der Waals surface area contributed by atoms with Crippen LogP contribution in [0, 0.1) is 0 Å². The van der Waals surface area contributed by atoms with E-state index in [1.807, 2.05) is 0 Å². The molecule has 3 heteroatoms. The van der Waals surface area contributed by atoms with Crippen LogP contribution in [0.25, 0.3) is 0 Å². The van der Waals surface area contributed by atoms with Crippen molar-refractivity contribution in [1.82, 2.24) is 0 Å². The zero-order chi connectivity index (χ0) is 4.41. The molecule has 1 aliphatic heterocycles. The number of aliphatic imine (C=N–C) groups is 1. The Morgan fingerprint density at radius 3 is 2.83 bits per heavy atom. The molecule has 2 nitrogen and oxygen atoms in total. The molecule has 0 fully saturated rings. The van der Waals surface area contributed by atoms with E-state index in [-0.39, 0.29) is 0 Å². The van der Waals surface area contributed by atoms with E-state index >= 15 is 0 Å². The summed E-state index contributed by atoms with van der Waals surface area (Å²) in [6.07, 6.45) is 0. The maximum Gasteiger partial charge on any atom is 0.286 e. The molecule has 0 aliphatic carbocycles. The van der Waals surface area contributed by atoms with Gasteiger partial charge in [-0.1, -0.05) is 0 Å². The molecule has 0 atom stereocenters. The summed E-state index contributed by atoms with van der Waals surface area (Å²) in [7, 11) is 0. The van der Waals surface area contributed by atoms with Crippen LogP contribution in [0.5, 0.6) is 0 Å². The van der Waals surface area contributed by atoms with Crippen LogP contribution < -0.4 is 0 Å². The van der Waals surface area contributed by atoms with E-state index < -0.39 is 0 Å². The molecule has 0 N–H and O–H groups in total. The first-order valence-electron chi connectivity index (χ1n) is 1.97. The van der Waals surface area contributed by atoms with Gasteiger partial charge < -0.3 is 4.74 Å². The first kappa shape index (κ1) is 4.32. The molecule has 0 saturated carbocycles. The summed E-state index contributed by atoms with van der Waals surface area (Å²) < 4.78 is 6.13. The highest BCUT2D eigenvalue weighted by Gasteiger charge is 1.95. The van der Waals surface area contributed by atoms with E-state index in [0.717, 1.165) is 22.9 Å². The van der Waals surface area contributed by atoms with Crippen LogP contribution in [-0.2, 0) is 4.74 Å². The van der Waals surface area contributed by atoms with Crippen LogP contribution in [0.4, 0.5) is 0 Å². The minimum atomic E-state index is 0.610. The smallest absolute Gasteiger partial charge is 0.286 e. The SMILES string of the molecule is [AlH2][C]1=NCOC1. The van der Waals surface area contributed by atoms with Gasteiger partial charge in [-0.25, -0.2) is 0 Å². The molecular formula is C3H6AlNO. The lowest BCUT2D eigenvalue weighted by atomic mass is 10.8. The Bertz CT molecular complexity index is 80.9. The van der Waals surface area contributed by atoms with Crippen molar-refractivity contribution in [2.75, 3.05) is 13.3 Å². The van der Waals surface area contributed by atoms with E-state index in [2.05, 4.69) is 4.99 Å². The monoisotopic (exact) mass is 99.0 g/mol. The molecule has 0 bridgehead atoms. The molecule has 0 aromatic carbocycles. The Hall–Kier alpha value is 0.162. The van der Waals surface area contributed by atoms with Gasteiger partial charge in [-0.05, 0) is 4.57 Å². The fraction of sp³-hybridized carbons (Fsp3) is 0.667. The normalized spacial score (nSPS) is 21.0. The lowest BCUT2D eigenvalue weighted by molar-refractivity contribution is 0.203. The van der Waals surface area contributed by atoms with Gasteiger partial charge in [0.25, 0.3) is 16.3 Å². The van der Waals surface area contributed by atoms with Gasteiger partial charge in [-0.3, -0.25) is 4.99 Å². The molecule has 0 saturated heterocycles. The third-order valence-corrected chi connectivity index (χ3v) is 1.34. The average molecular weight is 99.1 g/mol. The number of hydrogen-bond acceptors (Lipinski definition) is 2. The van der Waals surface area contributed by atoms with Crippen molar-refractivity contribution in [1.29, 1.82) is 0 Å². The molecule has 1 aliphatic rings. The van der Waals surface area contributed by atoms with Crippen molar-refractivity contribution in [3.8, 4) is 0 Å². The highest BCUT2D eigenvalue weighted by atomic mass is 27.0. The van der Waals surface area contributed by atoms with Crippen molar-refractivity contribution in [3.63, 3.8) is 0 Å². The second-order valence-electron chi connectivity index (χ2n) is 1.37. The molecule has 6 heavy (non-hydrogen) atoms. The van der Waals surface area contributed by atoms with E-state index in [1.54, 1.807) is 0 Å². The predicted octanol–water partition coefficient (Wildman–Crippen LogP) is -0.994. The Morgan fingerprint density at radius 2 is 2.67 bits per heavy atom. The minimum absolute atomic E-state index is 0.610. The third kappa shape index (κ3) is 0.811. The summed E-state index contributed by atoms with van der Waals surface area (Å²) in [5.74, 6) is 0. The zero-order valence-electron chi connectivity index (χ0n) is 3.77. The minimum Gasteiger partial charge on any atom is -0.355 e. The Morgan fingerprint density at radius 1 is 1.83 bits per heavy atom. The summed E-state index contributed by atoms with van der Waals surface area (Å²) in [6, 6.07) is 0. The highest BCUT2D eigenvalue weighted by molar-refractivity contribution is 6.60. The van der Waals surface area contributed by atoms with Crippen molar-refractivity contribution in [2.45, 2.75) is 0 Å². The number of nitrogens with zero attached hydrogens (tertiary/aromatic N) is 1. The van der Waals surface area contributed by atoms with Gasteiger partial charge in [-0.15, -0.1) is 0 Å². The van der Waals surface area contributed by atoms with Crippen molar-refractivity contribution < 1.29 is 4.74 Å². The van der Waals surface area contributed by atoms with Crippen molar-refractivity contribution >= 4 is 20.9 Å². The number of rotatable bonds is 0. The molecule has 0 radical (unpaired) electrons. The van der Waals surface area contributed by atoms with Gasteiger partial charge in [-0.2, -0.15) is 0 Å². The predicted molar refractivity (Wildman–Crippen MR) is 26.8 cm³/mol. The molecule has 32 valence electrons. The van der Waals surface area contributed by atoms with Crippen LogP contribution in [0.2, 0.25) is 0 Å². The summed E-state index contributed by atoms with van der Waals surface area (Å²) in [6.45, 7) is 1.41. The van der Waals surface area contributed by atoms with Gasteiger partial charge in [0, 0.05) is 0 Å². The molecule has 0 aromatic rings. The Labute approximate surface area is 44.6 Å². The Kier molecular flexibility index (Phi) is 1.26. The van der Waals surface area contributed by atoms with Gasteiger partial charge >= 0.3 is 0 Å². The molecule has 1 heterocycles. The molecule has 0 aromatic heterocycles. The van der Waals surface area contributed by atoms with Crippen molar-refractivity contribution in [2.24, 2.45) is 4.99 Å². The van der Waals surface area contributed by atoms with Crippen LogP contribution in [0.3, 0.4) is 0 Å². The van der Waals surface area contributed by atoms with Gasteiger partial charge in [0.15, 0.2) is 0 Å². The average Bonchev–Trinajstić information content (AvgIpc) is 1.86. The maximum atomic E-state index is 4.89. The van der Waals surface area contributed by atoms with Crippen LogP contribution in [-0.4, -0.2) is 34.2 Å². The summed E-state index contributed by atoms with van der Waals surface area (Å²) in [5.41, 5.74) is 0. The topological polar surface area (TPSA) is 21.6 Å². The molecular weight excluding hydrogens is 93.0 g/mol. The van der Waals surface area contributed by atoms with Crippen LogP contribution >= 0.6 is 0 Å². The van der Waals surface area contributed by atoms with E-state index in [1.165, 1.54) is 4.57 Å². The van der Waals surface area contributed by atoms with Gasteiger partial charge in [0.1, 0.15) is 6.73 Å². The maximum absolute atomic E-state index is 4.89. The zero-order valence-corrected chi connectivity index (χ0v) is 5.77. The van der Waals surface area contributed by atoms with Crippen molar-refractivity contribution in [3.05, 3.63) is 0 Å². The highest BCUT2D eigenvalue weighted by Crippen LogP contribution is 1.86. The summed E-state index contributed by atoms with van der Waals surface area (Å²) >= 11 is 1.08. The lowest BCUT2D eigenvalue weighted by Gasteiger charge is -1.80. The fourth-order valence-corrected chi connectivity index (χ4v) is 0.728. The molecule has 0 spiro atoms. The largest absolute Gasteiger partial charge is 0.355 e.